The third-order valence-electron chi connectivity index (χ3n) is 4.80. The maximum atomic E-state index is 12.6. The van der Waals surface area contributed by atoms with E-state index in [2.05, 4.69) is 25.9 Å². The Bertz CT molecular complexity index is 1120. The van der Waals surface area contributed by atoms with Gasteiger partial charge < -0.3 is 19.6 Å². The highest BCUT2D eigenvalue weighted by Gasteiger charge is 2.27. The van der Waals surface area contributed by atoms with Crippen molar-refractivity contribution < 1.29 is 19.1 Å². The number of amides is 1. The molecule has 1 amide bonds. The van der Waals surface area contributed by atoms with Gasteiger partial charge in [-0.15, -0.1) is 10.2 Å². The highest BCUT2D eigenvalue weighted by molar-refractivity contribution is 7.17. The molecule has 0 bridgehead atoms. The van der Waals surface area contributed by atoms with Crippen LogP contribution in [0.25, 0.3) is 5.13 Å². The summed E-state index contributed by atoms with van der Waals surface area (Å²) in [4.78, 5) is 24.9. The normalized spacial score (nSPS) is 18.4. The predicted molar refractivity (Wildman–Crippen MR) is 109 cm³/mol. The maximum absolute atomic E-state index is 12.6. The molecule has 1 saturated carbocycles. The van der Waals surface area contributed by atoms with Crippen molar-refractivity contribution in [3.8, 4) is 10.9 Å². The number of aliphatic hydroxyl groups excluding tert-OH is 1. The summed E-state index contributed by atoms with van der Waals surface area (Å²) in [7, 11) is 1.34. The summed E-state index contributed by atoms with van der Waals surface area (Å²) in [5.74, 6) is -0.939. The molecule has 1 aliphatic carbocycles. The average molecular weight is 432 g/mol. The summed E-state index contributed by atoms with van der Waals surface area (Å²) in [6.07, 6.45) is 3.38. The van der Waals surface area contributed by atoms with E-state index in [4.69, 9.17) is 9.15 Å². The Hall–Kier alpha value is -3.25. The molecule has 4 rings (SSSR count). The Morgan fingerprint density at radius 3 is 2.90 bits per heavy atom. The molecular weight excluding hydrogens is 412 g/mol. The highest BCUT2D eigenvalue weighted by atomic mass is 32.1. The molecule has 11 nitrogen and oxygen atoms in total. The van der Waals surface area contributed by atoms with Crippen LogP contribution in [0.1, 0.15) is 35.5 Å². The zero-order valence-electron chi connectivity index (χ0n) is 16.3. The molecule has 0 radical (unpaired) electrons. The Morgan fingerprint density at radius 2 is 2.23 bits per heavy atom. The third-order valence-corrected chi connectivity index (χ3v) is 5.62. The fourth-order valence-corrected chi connectivity index (χ4v) is 4.04. The van der Waals surface area contributed by atoms with E-state index in [9.17, 15) is 14.7 Å². The second kappa shape index (κ2) is 8.24. The van der Waals surface area contributed by atoms with Gasteiger partial charge in [-0.3, -0.25) is 10.1 Å². The molecule has 1 fully saturated rings. The lowest BCUT2D eigenvalue weighted by molar-refractivity contribution is 0.0991. The zero-order valence-corrected chi connectivity index (χ0v) is 17.1. The largest absolute Gasteiger partial charge is 0.488 e. The summed E-state index contributed by atoms with van der Waals surface area (Å²) >= 11 is 1.12. The van der Waals surface area contributed by atoms with Crippen LogP contribution in [0.4, 0.5) is 10.8 Å². The second-order valence-electron chi connectivity index (χ2n) is 6.82. The van der Waals surface area contributed by atoms with Crippen molar-refractivity contribution in [2.45, 2.75) is 38.3 Å². The van der Waals surface area contributed by atoms with Crippen LogP contribution in [-0.4, -0.2) is 50.2 Å². The molecule has 3 aromatic heterocycles. The molecule has 0 aliphatic heterocycles. The van der Waals surface area contributed by atoms with Crippen LogP contribution in [0.5, 0.6) is 5.75 Å². The predicted octanol–water partition coefficient (Wildman–Crippen LogP) is 1.57. The molecule has 3 aromatic rings. The number of ether oxygens (including phenoxy) is 1. The van der Waals surface area contributed by atoms with E-state index in [1.807, 2.05) is 13.0 Å². The molecule has 12 heteroatoms. The van der Waals surface area contributed by atoms with E-state index in [-0.39, 0.29) is 28.4 Å². The molecule has 0 aromatic carbocycles. The minimum absolute atomic E-state index is 0.0574. The number of carbonyl (C=O) groups is 1. The summed E-state index contributed by atoms with van der Waals surface area (Å²) < 4.78 is 11.8. The van der Waals surface area contributed by atoms with E-state index >= 15 is 0 Å². The number of aryl methyl sites for hydroxylation is 1. The quantitative estimate of drug-likeness (QED) is 0.528. The first-order chi connectivity index (χ1) is 14.5. The van der Waals surface area contributed by atoms with Gasteiger partial charge in [-0.25, -0.2) is 9.48 Å². The highest BCUT2D eigenvalue weighted by Crippen LogP contribution is 2.28. The topological polar surface area (TPSA) is 144 Å². The van der Waals surface area contributed by atoms with Crippen LogP contribution in [0, 0.1) is 6.92 Å². The molecule has 30 heavy (non-hydrogen) atoms. The second-order valence-corrected chi connectivity index (χ2v) is 7.78. The van der Waals surface area contributed by atoms with E-state index in [0.717, 1.165) is 29.9 Å². The number of rotatable bonds is 6. The van der Waals surface area contributed by atoms with E-state index < -0.39 is 17.6 Å². The first-order valence-electron chi connectivity index (χ1n) is 9.29. The molecule has 0 spiro atoms. The third kappa shape index (κ3) is 3.91. The molecule has 158 valence electrons. The SMILES string of the molecule is COc1c(N[C@H]2CCC[C@@H]2O)cc(C(=O)Nc2nnc(-n3nccc3C)s2)oc1=O. The minimum Gasteiger partial charge on any atom is -0.488 e. The number of hydrogen-bond acceptors (Lipinski definition) is 10. The summed E-state index contributed by atoms with van der Waals surface area (Å²) in [5.41, 5.74) is 0.357. The summed E-state index contributed by atoms with van der Waals surface area (Å²) in [6.45, 7) is 1.87. The number of methoxy groups -OCH3 is 1. The van der Waals surface area contributed by atoms with Crippen LogP contribution in [-0.2, 0) is 0 Å². The van der Waals surface area contributed by atoms with Crippen molar-refractivity contribution >= 4 is 28.1 Å². The van der Waals surface area contributed by atoms with Gasteiger partial charge in [0.25, 0.3) is 5.91 Å². The van der Waals surface area contributed by atoms with Gasteiger partial charge in [0.2, 0.25) is 16.0 Å². The number of aromatic nitrogens is 4. The zero-order chi connectivity index (χ0) is 21.3. The first kappa shape index (κ1) is 20.0. The molecule has 3 N–H and O–H groups in total. The van der Waals surface area contributed by atoms with E-state index in [0.29, 0.717) is 11.6 Å². The first-order valence-corrected chi connectivity index (χ1v) is 10.1. The Labute approximate surface area is 174 Å². The van der Waals surface area contributed by atoms with Gasteiger partial charge in [-0.05, 0) is 32.3 Å². The van der Waals surface area contributed by atoms with Crippen LogP contribution in [0.3, 0.4) is 0 Å². The van der Waals surface area contributed by atoms with Crippen molar-refractivity contribution in [3.63, 3.8) is 0 Å². The molecular formula is C18H20N6O5S. The van der Waals surface area contributed by atoms with Crippen molar-refractivity contribution in [2.24, 2.45) is 0 Å². The average Bonchev–Trinajstić information content (AvgIpc) is 3.44. The molecule has 0 saturated heterocycles. The van der Waals surface area contributed by atoms with Gasteiger partial charge in [0.05, 0.1) is 24.9 Å². The molecule has 1 aliphatic rings. The van der Waals surface area contributed by atoms with E-state index in [1.165, 1.54) is 13.2 Å². The number of nitrogens with zero attached hydrogens (tertiary/aromatic N) is 4. The number of hydrogen-bond donors (Lipinski definition) is 3. The molecule has 0 unspecified atom stereocenters. The Kier molecular flexibility index (Phi) is 5.50. The van der Waals surface area contributed by atoms with Crippen molar-refractivity contribution in [2.75, 3.05) is 17.7 Å². The number of anilines is 2. The number of aliphatic hydroxyl groups is 1. The monoisotopic (exact) mass is 432 g/mol. The van der Waals surface area contributed by atoms with Crippen molar-refractivity contribution in [1.82, 2.24) is 20.0 Å². The van der Waals surface area contributed by atoms with Gasteiger partial charge >= 0.3 is 5.63 Å². The van der Waals surface area contributed by atoms with Crippen LogP contribution >= 0.6 is 11.3 Å². The Balaban J connectivity index is 1.56. The van der Waals surface area contributed by atoms with Crippen LogP contribution < -0.4 is 21.0 Å². The lowest BCUT2D eigenvalue weighted by Gasteiger charge is -2.19. The smallest absolute Gasteiger partial charge is 0.381 e. The van der Waals surface area contributed by atoms with Crippen molar-refractivity contribution in [3.05, 3.63) is 40.2 Å². The van der Waals surface area contributed by atoms with Gasteiger partial charge in [-0.2, -0.15) is 5.10 Å². The summed E-state index contributed by atoms with van der Waals surface area (Å²) in [6, 6.07) is 2.96. The minimum atomic E-state index is -0.801. The van der Waals surface area contributed by atoms with Crippen LogP contribution in [0.15, 0.2) is 27.5 Å². The number of carbonyl (C=O) groups excluding carboxylic acids is 1. The lowest BCUT2D eigenvalue weighted by atomic mass is 10.2. The Morgan fingerprint density at radius 1 is 1.40 bits per heavy atom. The van der Waals surface area contributed by atoms with Crippen LogP contribution in [0.2, 0.25) is 0 Å². The summed E-state index contributed by atoms with van der Waals surface area (Å²) in [5, 5.41) is 28.5. The molecule has 3 heterocycles. The van der Waals surface area contributed by atoms with Gasteiger partial charge in [0.1, 0.15) is 0 Å². The van der Waals surface area contributed by atoms with Gasteiger partial charge in [0, 0.05) is 18.0 Å². The lowest BCUT2D eigenvalue weighted by Crippen LogP contribution is -2.29. The number of nitrogens with one attached hydrogen (secondary N) is 2. The fourth-order valence-electron chi connectivity index (χ4n) is 3.28. The van der Waals surface area contributed by atoms with Gasteiger partial charge in [-0.1, -0.05) is 11.3 Å². The molecule has 2 atom stereocenters. The standard InChI is InChI=1S/C18H20N6O5S/c1-9-6-7-19-24(9)18-23-22-17(30-18)21-15(26)13-8-11(14(28-2)16(27)29-13)20-10-4-3-5-12(10)25/h6-8,10,12,20,25H,3-5H2,1-2H3,(H,21,22,26)/t10-,12-/m0/s1. The fraction of sp³-hybridized carbons (Fsp3) is 0.389. The maximum Gasteiger partial charge on any atom is 0.381 e. The van der Waals surface area contributed by atoms with Gasteiger partial charge in [0.15, 0.2) is 5.76 Å². The van der Waals surface area contributed by atoms with E-state index in [1.54, 1.807) is 10.9 Å². The van der Waals surface area contributed by atoms with Crippen molar-refractivity contribution in [1.29, 1.82) is 0 Å².